The van der Waals surface area contributed by atoms with E-state index in [1.54, 1.807) is 6.20 Å². The number of rotatable bonds is 3. The van der Waals surface area contributed by atoms with Gasteiger partial charge in [-0.3, -0.25) is 4.98 Å². The van der Waals surface area contributed by atoms with Gasteiger partial charge in [0.1, 0.15) is 5.75 Å². The van der Waals surface area contributed by atoms with Crippen molar-refractivity contribution >= 4 is 13.4 Å². The molecule has 0 radical (unpaired) electrons. The monoisotopic (exact) mass is 161 g/mol. The van der Waals surface area contributed by atoms with Gasteiger partial charge in [-0.2, -0.15) is 0 Å². The van der Waals surface area contributed by atoms with Gasteiger partial charge in [-0.05, 0) is 36.5 Å². The molecule has 0 atom stereocenters. The second-order valence-electron chi connectivity index (χ2n) is 3.39. The van der Waals surface area contributed by atoms with Gasteiger partial charge in [0.05, 0.1) is 12.8 Å². The van der Waals surface area contributed by atoms with Crippen molar-refractivity contribution in [3.8, 4) is 5.75 Å². The van der Waals surface area contributed by atoms with Crippen LogP contribution in [0, 0.1) is 5.92 Å². The fourth-order valence-electron chi connectivity index (χ4n) is 1.04. The van der Waals surface area contributed by atoms with E-state index in [4.69, 9.17) is 4.74 Å². The van der Waals surface area contributed by atoms with Gasteiger partial charge in [0.25, 0.3) is 0 Å². The topological polar surface area (TPSA) is 22.1 Å². The zero-order chi connectivity index (χ0) is 8.39. The summed E-state index contributed by atoms with van der Waals surface area (Å²) >= 11 is 0. The van der Waals surface area contributed by atoms with Crippen LogP contribution in [-0.2, 0) is 0 Å². The SMILES string of the molecule is Bc1ccc(OCC2CC2)cn1. The molecule has 1 aromatic rings. The van der Waals surface area contributed by atoms with Crippen molar-refractivity contribution in [2.24, 2.45) is 5.92 Å². The second-order valence-corrected chi connectivity index (χ2v) is 3.39. The number of ether oxygens (including phenoxy) is 1. The van der Waals surface area contributed by atoms with E-state index in [0.29, 0.717) is 0 Å². The first kappa shape index (κ1) is 7.65. The maximum absolute atomic E-state index is 5.52. The molecule has 62 valence electrons. The summed E-state index contributed by atoms with van der Waals surface area (Å²) in [5.74, 6) is 1.71. The Hall–Kier alpha value is -0.985. The smallest absolute Gasteiger partial charge is 0.163 e. The molecule has 1 heterocycles. The predicted molar refractivity (Wildman–Crippen MR) is 50.6 cm³/mol. The Kier molecular flexibility index (Phi) is 2.02. The van der Waals surface area contributed by atoms with Crippen LogP contribution in [0.1, 0.15) is 12.8 Å². The zero-order valence-corrected chi connectivity index (χ0v) is 7.29. The van der Waals surface area contributed by atoms with Crippen LogP contribution in [0.4, 0.5) is 0 Å². The highest BCUT2D eigenvalue weighted by Crippen LogP contribution is 2.29. The van der Waals surface area contributed by atoms with E-state index in [9.17, 15) is 0 Å². The Morgan fingerprint density at radius 3 is 2.92 bits per heavy atom. The average molecular weight is 161 g/mol. The zero-order valence-electron chi connectivity index (χ0n) is 7.29. The molecule has 2 nitrogen and oxygen atoms in total. The summed E-state index contributed by atoms with van der Waals surface area (Å²) < 4.78 is 5.52. The molecular formula is C9H12BNO. The van der Waals surface area contributed by atoms with Crippen molar-refractivity contribution in [3.05, 3.63) is 18.3 Å². The average Bonchev–Trinajstić information content (AvgIpc) is 2.87. The minimum absolute atomic E-state index is 0.811. The third-order valence-electron chi connectivity index (χ3n) is 2.07. The quantitative estimate of drug-likeness (QED) is 0.587. The number of hydrogen-bond acceptors (Lipinski definition) is 2. The first-order chi connectivity index (χ1) is 5.84. The second kappa shape index (κ2) is 3.17. The lowest BCUT2D eigenvalue weighted by molar-refractivity contribution is 0.299. The maximum atomic E-state index is 5.52. The third-order valence-corrected chi connectivity index (χ3v) is 2.07. The van der Waals surface area contributed by atoms with Crippen molar-refractivity contribution < 1.29 is 4.74 Å². The molecule has 0 aliphatic heterocycles. The van der Waals surface area contributed by atoms with Crippen LogP contribution in [0.15, 0.2) is 18.3 Å². The fourth-order valence-corrected chi connectivity index (χ4v) is 1.04. The fraction of sp³-hybridized carbons (Fsp3) is 0.444. The van der Waals surface area contributed by atoms with Crippen LogP contribution in [-0.4, -0.2) is 19.4 Å². The number of hydrogen-bond donors (Lipinski definition) is 0. The van der Waals surface area contributed by atoms with Crippen molar-refractivity contribution in [3.63, 3.8) is 0 Å². The normalized spacial score (nSPS) is 16.0. The van der Waals surface area contributed by atoms with Crippen LogP contribution < -0.4 is 10.3 Å². The summed E-state index contributed by atoms with van der Waals surface area (Å²) in [5.41, 5.74) is 1.04. The Bertz CT molecular complexity index is 256. The lowest BCUT2D eigenvalue weighted by atomic mass is 10.0. The van der Waals surface area contributed by atoms with Gasteiger partial charge in [-0.15, -0.1) is 0 Å². The van der Waals surface area contributed by atoms with E-state index in [1.165, 1.54) is 12.8 Å². The van der Waals surface area contributed by atoms with E-state index in [0.717, 1.165) is 23.9 Å². The number of aromatic nitrogens is 1. The lowest BCUT2D eigenvalue weighted by Gasteiger charge is -2.03. The summed E-state index contributed by atoms with van der Waals surface area (Å²) in [7, 11) is 1.98. The van der Waals surface area contributed by atoms with Crippen LogP contribution in [0.25, 0.3) is 0 Å². The van der Waals surface area contributed by atoms with Crippen LogP contribution >= 0.6 is 0 Å². The summed E-state index contributed by atoms with van der Waals surface area (Å²) in [6, 6.07) is 3.95. The molecule has 0 N–H and O–H groups in total. The summed E-state index contributed by atoms with van der Waals surface area (Å²) in [6.45, 7) is 0.866. The summed E-state index contributed by atoms with van der Waals surface area (Å²) in [4.78, 5) is 4.15. The van der Waals surface area contributed by atoms with E-state index in [2.05, 4.69) is 4.98 Å². The van der Waals surface area contributed by atoms with Gasteiger partial charge >= 0.3 is 0 Å². The molecule has 0 amide bonds. The Morgan fingerprint density at radius 1 is 1.50 bits per heavy atom. The molecule has 1 aromatic heterocycles. The molecule has 1 aliphatic carbocycles. The molecule has 0 spiro atoms. The highest BCUT2D eigenvalue weighted by molar-refractivity contribution is 6.30. The van der Waals surface area contributed by atoms with Crippen molar-refractivity contribution in [1.29, 1.82) is 0 Å². The van der Waals surface area contributed by atoms with Crippen molar-refractivity contribution in [2.45, 2.75) is 12.8 Å². The molecule has 2 rings (SSSR count). The number of nitrogens with zero attached hydrogens (tertiary/aromatic N) is 1. The largest absolute Gasteiger partial charge is 0.492 e. The van der Waals surface area contributed by atoms with Gasteiger partial charge in [0.15, 0.2) is 7.85 Å². The van der Waals surface area contributed by atoms with Crippen molar-refractivity contribution in [1.82, 2.24) is 4.98 Å². The molecule has 0 saturated heterocycles. The molecule has 0 bridgehead atoms. The van der Waals surface area contributed by atoms with Gasteiger partial charge in [-0.1, -0.05) is 0 Å². The summed E-state index contributed by atoms with van der Waals surface area (Å²) in [5, 5.41) is 0. The number of pyridine rings is 1. The molecule has 0 aromatic carbocycles. The van der Waals surface area contributed by atoms with Gasteiger partial charge in [-0.25, -0.2) is 0 Å². The maximum Gasteiger partial charge on any atom is 0.163 e. The first-order valence-electron chi connectivity index (χ1n) is 4.40. The molecule has 1 fully saturated rings. The molecule has 0 unspecified atom stereocenters. The lowest BCUT2D eigenvalue weighted by Crippen LogP contribution is -2.07. The summed E-state index contributed by atoms with van der Waals surface area (Å²) in [6.07, 6.45) is 4.45. The Labute approximate surface area is 73.4 Å². The third kappa shape index (κ3) is 2.00. The Balaban J connectivity index is 1.89. The molecule has 1 saturated carbocycles. The van der Waals surface area contributed by atoms with Crippen LogP contribution in [0.3, 0.4) is 0 Å². The van der Waals surface area contributed by atoms with Gasteiger partial charge in [0.2, 0.25) is 0 Å². The van der Waals surface area contributed by atoms with Gasteiger partial charge in [0, 0.05) is 0 Å². The Morgan fingerprint density at radius 2 is 2.33 bits per heavy atom. The molecule has 12 heavy (non-hydrogen) atoms. The highest BCUT2D eigenvalue weighted by Gasteiger charge is 2.21. The highest BCUT2D eigenvalue weighted by atomic mass is 16.5. The van der Waals surface area contributed by atoms with Crippen LogP contribution in [0.5, 0.6) is 5.75 Å². The van der Waals surface area contributed by atoms with E-state index in [1.807, 2.05) is 20.0 Å². The molecular weight excluding hydrogens is 149 g/mol. The molecule has 3 heteroatoms. The minimum Gasteiger partial charge on any atom is -0.492 e. The van der Waals surface area contributed by atoms with Crippen molar-refractivity contribution in [2.75, 3.05) is 6.61 Å². The van der Waals surface area contributed by atoms with Gasteiger partial charge < -0.3 is 4.74 Å². The first-order valence-corrected chi connectivity index (χ1v) is 4.40. The minimum atomic E-state index is 0.811. The molecule has 1 aliphatic rings. The standard InChI is InChI=1S/C9H12BNO/c10-9-4-3-8(5-11-9)12-6-7-1-2-7/h3-5,7H,1-2,6,10H2. The van der Waals surface area contributed by atoms with E-state index in [-0.39, 0.29) is 0 Å². The predicted octanol–water partition coefficient (Wildman–Crippen LogP) is 0.129. The van der Waals surface area contributed by atoms with E-state index >= 15 is 0 Å². The van der Waals surface area contributed by atoms with Crippen LogP contribution in [0.2, 0.25) is 0 Å². The van der Waals surface area contributed by atoms with E-state index < -0.39 is 0 Å².